The largest absolute Gasteiger partial charge is 0.358 e. The average molecular weight is 202 g/mol. The van der Waals surface area contributed by atoms with Gasteiger partial charge in [0, 0.05) is 7.05 Å². The zero-order valence-electron chi connectivity index (χ0n) is 8.09. The van der Waals surface area contributed by atoms with E-state index >= 15 is 0 Å². The van der Waals surface area contributed by atoms with E-state index in [4.69, 9.17) is 5.73 Å². The molecule has 0 bridgehead atoms. The van der Waals surface area contributed by atoms with Gasteiger partial charge in [-0.2, -0.15) is 0 Å². The number of nitrogens with two attached hydrogens (primary N) is 1. The molecule has 0 aliphatic carbocycles. The third-order valence-electron chi connectivity index (χ3n) is 1.49. The summed E-state index contributed by atoms with van der Waals surface area (Å²) >= 11 is 0. The summed E-state index contributed by atoms with van der Waals surface area (Å²) in [4.78, 5) is 32.1. The third kappa shape index (κ3) is 5.09. The second-order valence-electron chi connectivity index (χ2n) is 2.63. The van der Waals surface area contributed by atoms with E-state index in [0.29, 0.717) is 0 Å². The molecule has 0 aliphatic heterocycles. The first-order chi connectivity index (χ1) is 6.47. The maximum atomic E-state index is 11.0. The molecule has 5 N–H and O–H groups in total. The first-order valence-electron chi connectivity index (χ1n) is 4.01. The van der Waals surface area contributed by atoms with Crippen LogP contribution in [-0.4, -0.2) is 37.5 Å². The predicted octanol–water partition coefficient (Wildman–Crippen LogP) is -2.09. The van der Waals surface area contributed by atoms with Crippen LogP contribution in [0.1, 0.15) is 6.92 Å². The van der Waals surface area contributed by atoms with Crippen molar-refractivity contribution in [3.05, 3.63) is 0 Å². The molecule has 0 heterocycles. The molecule has 0 aromatic heterocycles. The first kappa shape index (κ1) is 12.4. The molecule has 1 unspecified atom stereocenters. The van der Waals surface area contributed by atoms with Gasteiger partial charge in [0.2, 0.25) is 11.8 Å². The normalized spacial score (nSPS) is 11.6. The number of rotatable bonds is 4. The van der Waals surface area contributed by atoms with E-state index in [2.05, 4.69) is 10.6 Å². The first-order valence-corrected chi connectivity index (χ1v) is 4.01. The van der Waals surface area contributed by atoms with Crippen LogP contribution < -0.4 is 21.7 Å². The summed E-state index contributed by atoms with van der Waals surface area (Å²) in [6, 6.07) is -1.57. The van der Waals surface area contributed by atoms with Crippen LogP contribution >= 0.6 is 0 Å². The lowest BCUT2D eigenvalue weighted by Crippen LogP contribution is -2.48. The number of hydrogen-bond acceptors (Lipinski definition) is 4. The third-order valence-corrected chi connectivity index (χ3v) is 1.49. The zero-order valence-corrected chi connectivity index (χ0v) is 8.09. The minimum atomic E-state index is -0.913. The summed E-state index contributed by atoms with van der Waals surface area (Å²) in [5, 5.41) is 6.87. The standard InChI is InChI=1S/C7H14N4O3/c1-4(6(13)11-7(8)14)10-3-5(12)9-2/h4,10H,3H2,1-2H3,(H,9,12)(H3,8,11,13,14). The van der Waals surface area contributed by atoms with Crippen LogP contribution in [0.3, 0.4) is 0 Å². The van der Waals surface area contributed by atoms with Crippen molar-refractivity contribution in [1.29, 1.82) is 0 Å². The fourth-order valence-electron chi connectivity index (χ4n) is 0.657. The summed E-state index contributed by atoms with van der Waals surface area (Å²) in [5.74, 6) is -0.815. The predicted molar refractivity (Wildman–Crippen MR) is 49.3 cm³/mol. The van der Waals surface area contributed by atoms with Gasteiger partial charge in [0.1, 0.15) is 0 Å². The minimum Gasteiger partial charge on any atom is -0.358 e. The molecular weight excluding hydrogens is 188 g/mol. The average Bonchev–Trinajstić information content (AvgIpc) is 2.12. The lowest BCUT2D eigenvalue weighted by Gasteiger charge is -2.11. The molecule has 4 amide bonds. The Morgan fingerprint density at radius 1 is 1.36 bits per heavy atom. The van der Waals surface area contributed by atoms with E-state index in [1.165, 1.54) is 14.0 Å². The van der Waals surface area contributed by atoms with E-state index < -0.39 is 18.0 Å². The highest BCUT2D eigenvalue weighted by Gasteiger charge is 2.14. The SMILES string of the molecule is CNC(=O)CNC(C)C(=O)NC(N)=O. The van der Waals surface area contributed by atoms with Crippen LogP contribution in [0.4, 0.5) is 4.79 Å². The number of urea groups is 1. The minimum absolute atomic E-state index is 0.00382. The molecule has 0 fully saturated rings. The Bertz CT molecular complexity index is 241. The maximum Gasteiger partial charge on any atom is 0.318 e. The van der Waals surface area contributed by atoms with Crippen molar-refractivity contribution in [2.24, 2.45) is 5.73 Å². The van der Waals surface area contributed by atoms with E-state index in [0.717, 1.165) is 0 Å². The number of primary amides is 1. The van der Waals surface area contributed by atoms with Crippen LogP contribution in [0.25, 0.3) is 0 Å². The molecule has 0 radical (unpaired) electrons. The van der Waals surface area contributed by atoms with E-state index in [1.54, 1.807) is 0 Å². The molecule has 1 atom stereocenters. The molecule has 0 aliphatic rings. The monoisotopic (exact) mass is 202 g/mol. The Kier molecular flexibility index (Phi) is 5.23. The number of carbonyl (C=O) groups excluding carboxylic acids is 3. The topological polar surface area (TPSA) is 113 Å². The van der Waals surface area contributed by atoms with Gasteiger partial charge in [-0.3, -0.25) is 20.2 Å². The number of nitrogens with one attached hydrogen (secondary N) is 3. The Hall–Kier alpha value is -1.63. The van der Waals surface area contributed by atoms with Crippen LogP contribution in [-0.2, 0) is 9.59 Å². The van der Waals surface area contributed by atoms with Crippen molar-refractivity contribution in [2.45, 2.75) is 13.0 Å². The number of likely N-dealkylation sites (N-methyl/N-ethyl adjacent to an activating group) is 1. The molecule has 0 spiro atoms. The fraction of sp³-hybridized carbons (Fsp3) is 0.571. The van der Waals surface area contributed by atoms with Gasteiger partial charge >= 0.3 is 6.03 Å². The van der Waals surface area contributed by atoms with Crippen LogP contribution in [0.15, 0.2) is 0 Å². The zero-order chi connectivity index (χ0) is 11.1. The lowest BCUT2D eigenvalue weighted by atomic mass is 10.3. The Balaban J connectivity index is 3.84. The van der Waals surface area contributed by atoms with Gasteiger partial charge < -0.3 is 11.1 Å². The molecule has 0 aromatic carbocycles. The molecule has 0 saturated carbocycles. The maximum absolute atomic E-state index is 11.0. The molecule has 0 rings (SSSR count). The van der Waals surface area contributed by atoms with Gasteiger partial charge in [-0.15, -0.1) is 0 Å². The highest BCUT2D eigenvalue weighted by molar-refractivity contribution is 5.96. The van der Waals surface area contributed by atoms with E-state index in [1.807, 2.05) is 5.32 Å². The Morgan fingerprint density at radius 3 is 2.36 bits per heavy atom. The molecule has 0 aromatic rings. The summed E-state index contributed by atoms with van der Waals surface area (Å²) in [5.41, 5.74) is 4.74. The quantitative estimate of drug-likeness (QED) is 0.418. The van der Waals surface area contributed by atoms with Gasteiger partial charge in [-0.25, -0.2) is 4.79 Å². The van der Waals surface area contributed by atoms with Gasteiger partial charge in [-0.05, 0) is 6.92 Å². The second kappa shape index (κ2) is 5.92. The molecule has 7 heteroatoms. The van der Waals surface area contributed by atoms with Crippen molar-refractivity contribution in [3.8, 4) is 0 Å². The van der Waals surface area contributed by atoms with Crippen molar-refractivity contribution >= 4 is 17.8 Å². The number of imide groups is 1. The van der Waals surface area contributed by atoms with Crippen molar-refractivity contribution in [1.82, 2.24) is 16.0 Å². The van der Waals surface area contributed by atoms with Crippen molar-refractivity contribution < 1.29 is 14.4 Å². The molecule has 0 saturated heterocycles. The smallest absolute Gasteiger partial charge is 0.318 e. The molecule has 80 valence electrons. The van der Waals surface area contributed by atoms with Crippen LogP contribution in [0.2, 0.25) is 0 Å². The van der Waals surface area contributed by atoms with Crippen LogP contribution in [0.5, 0.6) is 0 Å². The Morgan fingerprint density at radius 2 is 1.93 bits per heavy atom. The van der Waals surface area contributed by atoms with Gasteiger partial charge in [-0.1, -0.05) is 0 Å². The summed E-state index contributed by atoms with van der Waals surface area (Å²) < 4.78 is 0. The lowest BCUT2D eigenvalue weighted by molar-refractivity contribution is -0.122. The highest BCUT2D eigenvalue weighted by Crippen LogP contribution is 1.80. The van der Waals surface area contributed by atoms with Gasteiger partial charge in [0.15, 0.2) is 0 Å². The van der Waals surface area contributed by atoms with Gasteiger partial charge in [0.05, 0.1) is 12.6 Å². The van der Waals surface area contributed by atoms with E-state index in [9.17, 15) is 14.4 Å². The highest BCUT2D eigenvalue weighted by atomic mass is 16.2. The fourth-order valence-corrected chi connectivity index (χ4v) is 0.657. The molecular formula is C7H14N4O3. The van der Waals surface area contributed by atoms with E-state index in [-0.39, 0.29) is 12.5 Å². The van der Waals surface area contributed by atoms with Crippen molar-refractivity contribution in [3.63, 3.8) is 0 Å². The number of hydrogen-bond donors (Lipinski definition) is 4. The van der Waals surface area contributed by atoms with Crippen molar-refractivity contribution in [2.75, 3.05) is 13.6 Å². The molecule has 7 nitrogen and oxygen atoms in total. The van der Waals surface area contributed by atoms with Crippen LogP contribution in [0, 0.1) is 0 Å². The molecule has 14 heavy (non-hydrogen) atoms. The number of amides is 4. The number of carbonyl (C=O) groups is 3. The summed E-state index contributed by atoms with van der Waals surface area (Å²) in [7, 11) is 1.48. The summed E-state index contributed by atoms with van der Waals surface area (Å²) in [6.45, 7) is 1.52. The second-order valence-corrected chi connectivity index (χ2v) is 2.63. The summed E-state index contributed by atoms with van der Waals surface area (Å²) in [6.07, 6.45) is 0. The Labute approximate surface area is 81.4 Å². The van der Waals surface area contributed by atoms with Gasteiger partial charge in [0.25, 0.3) is 0 Å².